The Balaban J connectivity index is 1.55. The van der Waals surface area contributed by atoms with E-state index < -0.39 is 6.10 Å². The molecule has 1 atom stereocenters. The van der Waals surface area contributed by atoms with Crippen molar-refractivity contribution in [3.05, 3.63) is 22.3 Å². The van der Waals surface area contributed by atoms with Crippen molar-refractivity contribution >= 4 is 23.1 Å². The zero-order valence-electron chi connectivity index (χ0n) is 10.6. The quantitative estimate of drug-likeness (QED) is 0.704. The fourth-order valence-corrected chi connectivity index (χ4v) is 2.48. The highest BCUT2D eigenvalue weighted by Crippen LogP contribution is 2.08. The largest absolute Gasteiger partial charge is 0.473 e. The molecule has 1 unspecified atom stereocenters. The summed E-state index contributed by atoms with van der Waals surface area (Å²) in [6, 6.07) is 0. The van der Waals surface area contributed by atoms with Crippen molar-refractivity contribution in [1.82, 2.24) is 19.0 Å². The molecule has 0 bridgehead atoms. The molecule has 2 aromatic rings. The van der Waals surface area contributed by atoms with Crippen LogP contribution in [-0.2, 0) is 6.42 Å². The van der Waals surface area contributed by atoms with E-state index in [2.05, 4.69) is 24.4 Å². The lowest BCUT2D eigenvalue weighted by atomic mass is 10.3. The Morgan fingerprint density at radius 1 is 1.53 bits per heavy atom. The van der Waals surface area contributed by atoms with Crippen LogP contribution >= 0.6 is 23.1 Å². The third-order valence-corrected chi connectivity index (χ3v) is 3.65. The van der Waals surface area contributed by atoms with E-state index in [4.69, 9.17) is 4.74 Å². The summed E-state index contributed by atoms with van der Waals surface area (Å²) in [6.07, 6.45) is 1.85. The Hall–Kier alpha value is -1.09. The molecule has 0 aromatic carbocycles. The summed E-state index contributed by atoms with van der Waals surface area (Å²) in [4.78, 5) is 4.37. The summed E-state index contributed by atoms with van der Waals surface area (Å²) in [6.45, 7) is 3.49. The molecule has 8 heteroatoms. The number of thiazole rings is 1. The lowest BCUT2D eigenvalue weighted by Crippen LogP contribution is -2.32. The maximum absolute atomic E-state index is 9.70. The van der Waals surface area contributed by atoms with Gasteiger partial charge in [-0.15, -0.1) is 15.7 Å². The van der Waals surface area contributed by atoms with Crippen LogP contribution in [0.5, 0.6) is 5.88 Å². The number of hydrogen-bond donors (Lipinski definition) is 2. The lowest BCUT2D eigenvalue weighted by molar-refractivity contribution is 0.104. The van der Waals surface area contributed by atoms with Crippen LogP contribution in [0.1, 0.15) is 10.7 Å². The molecule has 19 heavy (non-hydrogen) atoms. The van der Waals surface area contributed by atoms with Crippen LogP contribution < -0.4 is 10.1 Å². The lowest BCUT2D eigenvalue weighted by Gasteiger charge is -2.11. The molecule has 2 aromatic heterocycles. The van der Waals surface area contributed by atoms with Crippen LogP contribution in [0.15, 0.2) is 11.6 Å². The second kappa shape index (κ2) is 7.49. The standard InChI is InChI=1S/C11H16N4O2S2/c1-8-14-9(7-18-8)2-3-12-4-10(16)6-17-11-5-13-19-15-11/h5,7,10,12,16H,2-4,6H2,1H3. The van der Waals surface area contributed by atoms with E-state index in [1.54, 1.807) is 11.3 Å². The predicted molar refractivity (Wildman–Crippen MR) is 74.8 cm³/mol. The number of ether oxygens (including phenoxy) is 1. The summed E-state index contributed by atoms with van der Waals surface area (Å²) in [7, 11) is 0. The van der Waals surface area contributed by atoms with Gasteiger partial charge in [-0.3, -0.25) is 0 Å². The minimum atomic E-state index is -0.557. The van der Waals surface area contributed by atoms with Crippen LogP contribution in [0.3, 0.4) is 0 Å². The molecule has 0 saturated heterocycles. The third kappa shape index (κ3) is 5.19. The maximum atomic E-state index is 9.70. The molecule has 0 aliphatic heterocycles. The van der Waals surface area contributed by atoms with Gasteiger partial charge in [0, 0.05) is 24.9 Å². The molecule has 0 radical (unpaired) electrons. The highest BCUT2D eigenvalue weighted by atomic mass is 32.1. The van der Waals surface area contributed by atoms with Crippen molar-refractivity contribution in [2.75, 3.05) is 19.7 Å². The summed E-state index contributed by atoms with van der Waals surface area (Å²) in [5.74, 6) is 0.460. The molecular weight excluding hydrogens is 284 g/mol. The summed E-state index contributed by atoms with van der Waals surface area (Å²) >= 11 is 2.74. The van der Waals surface area contributed by atoms with Gasteiger partial charge >= 0.3 is 0 Å². The number of aliphatic hydroxyl groups excluding tert-OH is 1. The van der Waals surface area contributed by atoms with Crippen LogP contribution in [-0.4, -0.2) is 44.6 Å². The first-order valence-corrected chi connectivity index (χ1v) is 7.55. The fourth-order valence-electron chi connectivity index (χ4n) is 1.47. The number of aromatic nitrogens is 3. The number of nitrogens with zero attached hydrogens (tertiary/aromatic N) is 3. The van der Waals surface area contributed by atoms with Gasteiger partial charge in [0.2, 0.25) is 5.88 Å². The van der Waals surface area contributed by atoms with Crippen LogP contribution in [0, 0.1) is 6.92 Å². The maximum Gasteiger partial charge on any atom is 0.245 e. The normalized spacial score (nSPS) is 12.5. The SMILES string of the molecule is Cc1nc(CCNCC(O)COc2cnsn2)cs1. The van der Waals surface area contributed by atoms with Crippen molar-refractivity contribution in [2.45, 2.75) is 19.4 Å². The molecule has 2 rings (SSSR count). The molecule has 104 valence electrons. The topological polar surface area (TPSA) is 80.2 Å². The van der Waals surface area contributed by atoms with E-state index in [9.17, 15) is 5.11 Å². The highest BCUT2D eigenvalue weighted by molar-refractivity contribution is 7.09. The van der Waals surface area contributed by atoms with Gasteiger partial charge in [-0.2, -0.15) is 4.37 Å². The van der Waals surface area contributed by atoms with Gasteiger partial charge in [0.05, 0.1) is 22.4 Å². The fraction of sp³-hybridized carbons (Fsp3) is 0.545. The average Bonchev–Trinajstić information content (AvgIpc) is 3.04. The average molecular weight is 300 g/mol. The smallest absolute Gasteiger partial charge is 0.245 e. The molecule has 0 fully saturated rings. The Bertz CT molecular complexity index is 475. The highest BCUT2D eigenvalue weighted by Gasteiger charge is 2.06. The minimum Gasteiger partial charge on any atom is -0.473 e. The van der Waals surface area contributed by atoms with Gasteiger partial charge in [-0.1, -0.05) is 0 Å². The van der Waals surface area contributed by atoms with Gasteiger partial charge in [-0.05, 0) is 6.92 Å². The van der Waals surface area contributed by atoms with Crippen molar-refractivity contribution in [1.29, 1.82) is 0 Å². The molecule has 0 saturated carbocycles. The summed E-state index contributed by atoms with van der Waals surface area (Å²) in [5, 5.41) is 16.0. The Morgan fingerprint density at radius 3 is 3.11 bits per heavy atom. The number of nitrogens with one attached hydrogen (secondary N) is 1. The van der Waals surface area contributed by atoms with Gasteiger partial charge in [-0.25, -0.2) is 4.98 Å². The first kappa shape index (κ1) is 14.3. The zero-order chi connectivity index (χ0) is 13.5. The van der Waals surface area contributed by atoms with Crippen LogP contribution in [0.2, 0.25) is 0 Å². The molecule has 0 spiro atoms. The zero-order valence-corrected chi connectivity index (χ0v) is 12.2. The Kier molecular flexibility index (Phi) is 5.64. The molecule has 2 heterocycles. The molecule has 0 aliphatic carbocycles. The number of aryl methyl sites for hydroxylation is 1. The number of rotatable bonds is 8. The third-order valence-electron chi connectivity index (χ3n) is 2.37. The van der Waals surface area contributed by atoms with E-state index in [-0.39, 0.29) is 6.61 Å². The van der Waals surface area contributed by atoms with Crippen LogP contribution in [0.4, 0.5) is 0 Å². The van der Waals surface area contributed by atoms with E-state index in [0.29, 0.717) is 12.4 Å². The van der Waals surface area contributed by atoms with E-state index in [0.717, 1.165) is 35.4 Å². The molecule has 0 aliphatic rings. The first-order chi connectivity index (χ1) is 9.24. The molecule has 0 amide bonds. The predicted octanol–water partition coefficient (Wildman–Crippen LogP) is 0.875. The minimum absolute atomic E-state index is 0.216. The van der Waals surface area contributed by atoms with Crippen molar-refractivity contribution in [3.8, 4) is 5.88 Å². The van der Waals surface area contributed by atoms with Gasteiger partial charge in [0.15, 0.2) is 0 Å². The Labute approximate surface area is 119 Å². The summed E-state index contributed by atoms with van der Waals surface area (Å²) in [5.41, 5.74) is 1.09. The molecule has 2 N–H and O–H groups in total. The van der Waals surface area contributed by atoms with Crippen molar-refractivity contribution in [3.63, 3.8) is 0 Å². The van der Waals surface area contributed by atoms with E-state index >= 15 is 0 Å². The van der Waals surface area contributed by atoms with E-state index in [1.807, 2.05) is 6.92 Å². The summed E-state index contributed by atoms with van der Waals surface area (Å²) < 4.78 is 13.0. The monoisotopic (exact) mass is 300 g/mol. The molecular formula is C11H16N4O2S2. The van der Waals surface area contributed by atoms with Gasteiger partial charge in [0.1, 0.15) is 18.9 Å². The second-order valence-electron chi connectivity index (χ2n) is 4.02. The van der Waals surface area contributed by atoms with E-state index in [1.165, 1.54) is 6.20 Å². The number of hydrogen-bond acceptors (Lipinski definition) is 8. The second-order valence-corrected chi connectivity index (χ2v) is 5.64. The Morgan fingerprint density at radius 2 is 2.42 bits per heavy atom. The van der Waals surface area contributed by atoms with Gasteiger partial charge in [0.25, 0.3) is 0 Å². The number of aliphatic hydroxyl groups is 1. The van der Waals surface area contributed by atoms with Crippen LogP contribution in [0.25, 0.3) is 0 Å². The first-order valence-electron chi connectivity index (χ1n) is 5.94. The van der Waals surface area contributed by atoms with Gasteiger partial charge < -0.3 is 15.2 Å². The van der Waals surface area contributed by atoms with Crippen molar-refractivity contribution < 1.29 is 9.84 Å². The molecule has 6 nitrogen and oxygen atoms in total. The van der Waals surface area contributed by atoms with Crippen molar-refractivity contribution in [2.24, 2.45) is 0 Å².